The summed E-state index contributed by atoms with van der Waals surface area (Å²) in [5, 5.41) is 23.5. The maximum absolute atomic E-state index is 13.6. The zero-order valence-electron chi connectivity index (χ0n) is 15.0. The number of hydrogen-bond acceptors (Lipinski definition) is 6. The van der Waals surface area contributed by atoms with Crippen LogP contribution in [0.4, 0.5) is 4.39 Å². The topological polar surface area (TPSA) is 95.0 Å². The van der Waals surface area contributed by atoms with E-state index in [-0.39, 0.29) is 31.2 Å². The van der Waals surface area contributed by atoms with Crippen LogP contribution < -0.4 is 0 Å². The van der Waals surface area contributed by atoms with Crippen LogP contribution in [0.25, 0.3) is 0 Å². The Morgan fingerprint density at radius 3 is 2.92 bits per heavy atom. The minimum atomic E-state index is -1.08. The lowest BCUT2D eigenvalue weighted by Gasteiger charge is -2.30. The number of ketones is 1. The SMILES string of the molecule is CB(O)N(CC(=O)C1C[C@@H](F)C[C@H]1C#N)[C@@H]1CC[C@H](Cn2cncn2)C1. The van der Waals surface area contributed by atoms with Crippen molar-refractivity contribution < 1.29 is 14.2 Å². The number of alkyl halides is 1. The van der Waals surface area contributed by atoms with Crippen LogP contribution >= 0.6 is 0 Å². The molecule has 140 valence electrons. The molecule has 0 spiro atoms. The molecule has 0 radical (unpaired) electrons. The fourth-order valence-electron chi connectivity index (χ4n) is 4.45. The third-order valence-corrected chi connectivity index (χ3v) is 5.80. The molecule has 2 fully saturated rings. The van der Waals surface area contributed by atoms with Crippen molar-refractivity contribution in [2.75, 3.05) is 6.54 Å². The number of hydrogen-bond donors (Lipinski definition) is 1. The van der Waals surface area contributed by atoms with Crippen molar-refractivity contribution in [3.8, 4) is 6.07 Å². The fourth-order valence-corrected chi connectivity index (χ4v) is 4.45. The van der Waals surface area contributed by atoms with Crippen molar-refractivity contribution in [2.45, 2.75) is 57.7 Å². The van der Waals surface area contributed by atoms with Gasteiger partial charge in [0, 0.05) is 25.0 Å². The first-order chi connectivity index (χ1) is 12.5. The second kappa shape index (κ2) is 8.27. The Balaban J connectivity index is 1.59. The summed E-state index contributed by atoms with van der Waals surface area (Å²) in [6.07, 6.45) is 5.17. The lowest BCUT2D eigenvalue weighted by Crippen LogP contribution is -2.48. The highest BCUT2D eigenvalue weighted by Crippen LogP contribution is 2.35. The second-order valence-corrected chi connectivity index (χ2v) is 7.63. The maximum atomic E-state index is 13.6. The van der Waals surface area contributed by atoms with Crippen LogP contribution in [0.1, 0.15) is 32.1 Å². The predicted molar refractivity (Wildman–Crippen MR) is 93.4 cm³/mol. The largest absolute Gasteiger partial charge is 0.437 e. The van der Waals surface area contributed by atoms with Crippen molar-refractivity contribution >= 4 is 12.8 Å². The van der Waals surface area contributed by atoms with Crippen LogP contribution in [0.2, 0.25) is 6.82 Å². The predicted octanol–water partition coefficient (Wildman–Crippen LogP) is 1.32. The number of aromatic nitrogens is 3. The Kier molecular flexibility index (Phi) is 6.04. The molecule has 1 N–H and O–H groups in total. The van der Waals surface area contributed by atoms with Gasteiger partial charge in [-0.3, -0.25) is 9.48 Å². The van der Waals surface area contributed by atoms with E-state index in [4.69, 9.17) is 5.26 Å². The van der Waals surface area contributed by atoms with Gasteiger partial charge in [0.05, 0.1) is 12.0 Å². The van der Waals surface area contributed by atoms with E-state index in [1.54, 1.807) is 13.2 Å². The number of nitriles is 1. The minimum Gasteiger partial charge on any atom is -0.437 e. The number of nitrogens with zero attached hydrogens (tertiary/aromatic N) is 5. The van der Waals surface area contributed by atoms with Crippen LogP contribution in [0, 0.1) is 29.1 Å². The molecule has 0 aromatic carbocycles. The van der Waals surface area contributed by atoms with Gasteiger partial charge >= 0.3 is 7.05 Å². The number of rotatable bonds is 7. The molecule has 2 aliphatic rings. The molecule has 0 amide bonds. The van der Waals surface area contributed by atoms with Gasteiger partial charge in [0.1, 0.15) is 24.6 Å². The zero-order chi connectivity index (χ0) is 18.7. The zero-order valence-corrected chi connectivity index (χ0v) is 15.0. The van der Waals surface area contributed by atoms with Gasteiger partial charge in [-0.1, -0.05) is 0 Å². The fraction of sp³-hybridized carbons (Fsp3) is 0.765. The molecule has 5 atom stereocenters. The van der Waals surface area contributed by atoms with Crippen molar-refractivity contribution in [2.24, 2.45) is 17.8 Å². The number of carbonyl (C=O) groups is 1. The smallest absolute Gasteiger partial charge is 0.377 e. The molecule has 1 aromatic heterocycles. The first-order valence-corrected chi connectivity index (χ1v) is 9.30. The molecule has 0 bridgehead atoms. The van der Waals surface area contributed by atoms with Crippen molar-refractivity contribution in [1.29, 1.82) is 5.26 Å². The normalized spacial score (nSPS) is 31.3. The Morgan fingerprint density at radius 2 is 2.27 bits per heavy atom. The molecule has 1 unspecified atom stereocenters. The molecule has 26 heavy (non-hydrogen) atoms. The van der Waals surface area contributed by atoms with Gasteiger partial charge in [0.2, 0.25) is 0 Å². The molecular formula is C17H25BFN5O2. The molecule has 9 heteroatoms. The number of halogens is 1. The van der Waals surface area contributed by atoms with Gasteiger partial charge in [-0.25, -0.2) is 9.37 Å². The van der Waals surface area contributed by atoms with Gasteiger partial charge in [-0.15, -0.1) is 0 Å². The monoisotopic (exact) mass is 361 g/mol. The minimum absolute atomic E-state index is 0.0773. The van der Waals surface area contributed by atoms with Gasteiger partial charge in [0.15, 0.2) is 0 Å². The van der Waals surface area contributed by atoms with E-state index in [0.29, 0.717) is 5.92 Å². The summed E-state index contributed by atoms with van der Waals surface area (Å²) in [4.78, 5) is 18.4. The maximum Gasteiger partial charge on any atom is 0.377 e. The lowest BCUT2D eigenvalue weighted by molar-refractivity contribution is -0.124. The van der Waals surface area contributed by atoms with Gasteiger partial charge < -0.3 is 9.83 Å². The van der Waals surface area contributed by atoms with Crippen LogP contribution in [0.3, 0.4) is 0 Å². The van der Waals surface area contributed by atoms with Crippen molar-refractivity contribution in [3.05, 3.63) is 12.7 Å². The van der Waals surface area contributed by atoms with Crippen molar-refractivity contribution in [3.63, 3.8) is 0 Å². The van der Waals surface area contributed by atoms with E-state index in [0.717, 1.165) is 25.8 Å². The van der Waals surface area contributed by atoms with E-state index in [1.165, 1.54) is 6.33 Å². The number of Topliss-reactive ketones (excluding diaryl/α,β-unsaturated/α-hetero) is 1. The third kappa shape index (κ3) is 4.30. The van der Waals surface area contributed by atoms with Crippen molar-refractivity contribution in [1.82, 2.24) is 19.6 Å². The van der Waals surface area contributed by atoms with Gasteiger partial charge in [-0.2, -0.15) is 10.4 Å². The first kappa shape index (κ1) is 19.0. The van der Waals surface area contributed by atoms with Crippen LogP contribution in [0.15, 0.2) is 12.7 Å². The Hall–Kier alpha value is -1.79. The second-order valence-electron chi connectivity index (χ2n) is 7.63. The average Bonchev–Trinajstić information content (AvgIpc) is 3.33. The molecule has 1 heterocycles. The van der Waals surface area contributed by atoms with Crippen LogP contribution in [-0.4, -0.2) is 56.2 Å². The summed E-state index contributed by atoms with van der Waals surface area (Å²) >= 11 is 0. The van der Waals surface area contributed by atoms with Crippen LogP contribution in [-0.2, 0) is 11.3 Å². The molecular weight excluding hydrogens is 336 g/mol. The summed E-state index contributed by atoms with van der Waals surface area (Å²) in [6.45, 7) is 2.51. The summed E-state index contributed by atoms with van der Waals surface area (Å²) < 4.78 is 15.4. The summed E-state index contributed by atoms with van der Waals surface area (Å²) in [5.41, 5.74) is 0. The van der Waals surface area contributed by atoms with Crippen LogP contribution in [0.5, 0.6) is 0 Å². The summed E-state index contributed by atoms with van der Waals surface area (Å²) in [7, 11) is -0.753. The summed E-state index contributed by atoms with van der Waals surface area (Å²) in [5.74, 6) is -0.801. The standard InChI is InChI=1S/C17H25BFN5O2/c1-18(26)24(9-17(25)16-6-14(19)5-13(16)7-20)15-3-2-12(4-15)8-23-11-21-10-22-23/h10-16,26H,2-6,8-9H2,1H3/t12-,13-,14-,15+,16?/m0/s1. The van der Waals surface area contributed by atoms with E-state index >= 15 is 0 Å². The molecule has 0 aliphatic heterocycles. The quantitative estimate of drug-likeness (QED) is 0.736. The highest BCUT2D eigenvalue weighted by atomic mass is 19.1. The highest BCUT2D eigenvalue weighted by Gasteiger charge is 2.41. The number of carbonyl (C=O) groups excluding carboxylic acids is 1. The molecule has 0 saturated heterocycles. The highest BCUT2D eigenvalue weighted by molar-refractivity contribution is 6.45. The lowest BCUT2D eigenvalue weighted by atomic mass is 9.80. The van der Waals surface area contributed by atoms with E-state index in [2.05, 4.69) is 16.2 Å². The molecule has 2 aliphatic carbocycles. The molecule has 3 rings (SSSR count). The third-order valence-electron chi connectivity index (χ3n) is 5.80. The van der Waals surface area contributed by atoms with E-state index in [9.17, 15) is 14.2 Å². The Morgan fingerprint density at radius 1 is 1.46 bits per heavy atom. The first-order valence-electron chi connectivity index (χ1n) is 9.30. The average molecular weight is 361 g/mol. The molecule has 7 nitrogen and oxygen atoms in total. The van der Waals surface area contributed by atoms with Gasteiger partial charge in [-0.05, 0) is 44.8 Å². The molecule has 1 aromatic rings. The van der Waals surface area contributed by atoms with Gasteiger partial charge in [0.25, 0.3) is 0 Å². The van der Waals surface area contributed by atoms with E-state index < -0.39 is 25.1 Å². The Bertz CT molecular complexity index is 650. The Labute approximate surface area is 153 Å². The summed E-state index contributed by atoms with van der Waals surface area (Å²) in [6, 6.07) is 2.18. The molecule has 2 saturated carbocycles. The van der Waals surface area contributed by atoms with E-state index in [1.807, 2.05) is 9.49 Å².